The normalized spacial score (nSPS) is 29.7. The van der Waals surface area contributed by atoms with Crippen LogP contribution in [0.25, 0.3) is 0 Å². The highest BCUT2D eigenvalue weighted by atomic mass is 16.5. The minimum atomic E-state index is -0.766. The number of hydrogen-bond acceptors (Lipinski definition) is 3. The number of piperidine rings is 1. The van der Waals surface area contributed by atoms with Gasteiger partial charge < -0.3 is 15.4 Å². The van der Waals surface area contributed by atoms with Crippen LogP contribution in [0, 0.1) is 25.7 Å². The van der Waals surface area contributed by atoms with E-state index in [1.54, 1.807) is 0 Å². The lowest BCUT2D eigenvalue weighted by molar-refractivity contribution is -0.160. The molecule has 150 valence electrons. The highest BCUT2D eigenvalue weighted by Gasteiger charge is 2.60. The summed E-state index contributed by atoms with van der Waals surface area (Å²) in [5, 5.41) is 6.12. The van der Waals surface area contributed by atoms with Crippen molar-refractivity contribution in [1.29, 1.82) is 0 Å². The first-order chi connectivity index (χ1) is 14.0. The molecular weight excluding hydrogens is 364 g/mol. The molecule has 1 aliphatic carbocycles. The molecule has 2 bridgehead atoms. The zero-order chi connectivity index (χ0) is 20.2. The number of fused-ring (bicyclic) bond motifs is 2. The van der Waals surface area contributed by atoms with Crippen molar-refractivity contribution in [3.8, 4) is 5.75 Å². The number of benzene rings is 2. The Morgan fingerprint density at radius 2 is 1.97 bits per heavy atom. The lowest BCUT2D eigenvalue weighted by Gasteiger charge is -2.55. The topological polar surface area (TPSA) is 67.4 Å². The third-order valence-electron chi connectivity index (χ3n) is 6.95. The van der Waals surface area contributed by atoms with Gasteiger partial charge in [-0.15, -0.1) is 0 Å². The molecule has 2 aliphatic heterocycles. The SMILES string of the molecule is Cc1ccc(NC(=O)[C@H]2C(=O)N[C@@]34CCCC[C@@H]3[C@H]2c2ccccc2O4)cc1C. The highest BCUT2D eigenvalue weighted by molar-refractivity contribution is 6.08. The van der Waals surface area contributed by atoms with Crippen molar-refractivity contribution in [3.05, 3.63) is 59.2 Å². The number of nitrogens with one attached hydrogen (secondary N) is 2. The van der Waals surface area contributed by atoms with Gasteiger partial charge in [0, 0.05) is 23.9 Å². The molecule has 2 heterocycles. The van der Waals surface area contributed by atoms with Gasteiger partial charge in [-0.05, 0) is 61.6 Å². The van der Waals surface area contributed by atoms with Crippen molar-refractivity contribution < 1.29 is 14.3 Å². The van der Waals surface area contributed by atoms with Crippen LogP contribution >= 0.6 is 0 Å². The van der Waals surface area contributed by atoms with Crippen LogP contribution in [0.5, 0.6) is 5.75 Å². The molecule has 1 saturated carbocycles. The molecule has 2 fully saturated rings. The van der Waals surface area contributed by atoms with Crippen molar-refractivity contribution in [2.75, 3.05) is 5.32 Å². The van der Waals surface area contributed by atoms with Crippen LogP contribution in [0.3, 0.4) is 0 Å². The fraction of sp³-hybridized carbons (Fsp3) is 0.417. The van der Waals surface area contributed by atoms with E-state index in [-0.39, 0.29) is 23.7 Å². The predicted molar refractivity (Wildman–Crippen MR) is 111 cm³/mol. The second-order valence-electron chi connectivity index (χ2n) is 8.66. The molecule has 4 atom stereocenters. The third kappa shape index (κ3) is 2.83. The molecule has 2 aromatic rings. The van der Waals surface area contributed by atoms with Crippen molar-refractivity contribution in [3.63, 3.8) is 0 Å². The number of para-hydroxylation sites is 1. The Hall–Kier alpha value is -2.82. The zero-order valence-electron chi connectivity index (χ0n) is 16.8. The Morgan fingerprint density at radius 1 is 1.14 bits per heavy atom. The second kappa shape index (κ2) is 6.61. The van der Waals surface area contributed by atoms with Crippen molar-refractivity contribution in [1.82, 2.24) is 5.32 Å². The summed E-state index contributed by atoms with van der Waals surface area (Å²) in [6.07, 6.45) is 3.85. The lowest BCUT2D eigenvalue weighted by atomic mass is 9.62. The molecule has 29 heavy (non-hydrogen) atoms. The first kappa shape index (κ1) is 18.2. The summed E-state index contributed by atoms with van der Waals surface area (Å²) < 4.78 is 6.38. The maximum absolute atomic E-state index is 13.3. The quantitative estimate of drug-likeness (QED) is 0.760. The first-order valence-electron chi connectivity index (χ1n) is 10.5. The molecule has 1 saturated heterocycles. The molecule has 3 aliphatic rings. The monoisotopic (exact) mass is 390 g/mol. The maximum Gasteiger partial charge on any atom is 0.237 e. The number of aryl methyl sites for hydroxylation is 2. The summed E-state index contributed by atoms with van der Waals surface area (Å²) in [6.45, 7) is 4.06. The summed E-state index contributed by atoms with van der Waals surface area (Å²) in [5.41, 5.74) is 3.31. The zero-order valence-corrected chi connectivity index (χ0v) is 16.8. The summed E-state index contributed by atoms with van der Waals surface area (Å²) in [5.74, 6) is -0.506. The lowest BCUT2D eigenvalue weighted by Crippen LogP contribution is -2.69. The van der Waals surface area contributed by atoms with Crippen LogP contribution in [0.4, 0.5) is 5.69 Å². The Morgan fingerprint density at radius 3 is 2.79 bits per heavy atom. The molecule has 0 spiro atoms. The minimum Gasteiger partial charge on any atom is -0.467 e. The van der Waals surface area contributed by atoms with Gasteiger partial charge in [-0.25, -0.2) is 0 Å². The standard InChI is InChI=1S/C24H26N2O3/c1-14-10-11-16(13-15(14)2)25-22(27)21-20-17-7-3-4-9-19(17)29-24(26-23(21)28)12-6-5-8-18(20)24/h3-4,7,9-11,13,18,20-21H,5-6,8,12H2,1-2H3,(H,25,27)(H,26,28)/t18-,20-,21+,24-/m1/s1. The third-order valence-corrected chi connectivity index (χ3v) is 6.95. The van der Waals surface area contributed by atoms with Gasteiger partial charge in [0.05, 0.1) is 0 Å². The van der Waals surface area contributed by atoms with E-state index in [0.717, 1.165) is 48.2 Å². The molecule has 5 nitrogen and oxygen atoms in total. The van der Waals surface area contributed by atoms with Crippen LogP contribution < -0.4 is 15.4 Å². The molecule has 0 aromatic heterocycles. The average molecular weight is 390 g/mol. The number of hydrogen-bond donors (Lipinski definition) is 2. The molecule has 5 heteroatoms. The second-order valence-corrected chi connectivity index (χ2v) is 8.66. The van der Waals surface area contributed by atoms with E-state index in [9.17, 15) is 9.59 Å². The van der Waals surface area contributed by atoms with Gasteiger partial charge in [-0.1, -0.05) is 30.7 Å². The fourth-order valence-corrected chi connectivity index (χ4v) is 5.39. The largest absolute Gasteiger partial charge is 0.467 e. The van der Waals surface area contributed by atoms with Crippen LogP contribution in [0.1, 0.15) is 48.3 Å². The number of carbonyl (C=O) groups excluding carboxylic acids is 2. The van der Waals surface area contributed by atoms with Crippen molar-refractivity contribution >= 4 is 17.5 Å². The Bertz CT molecular complexity index is 1000. The van der Waals surface area contributed by atoms with Gasteiger partial charge in [0.1, 0.15) is 11.7 Å². The fourth-order valence-electron chi connectivity index (χ4n) is 5.39. The first-order valence-corrected chi connectivity index (χ1v) is 10.5. The Labute approximate surface area is 170 Å². The summed E-state index contributed by atoms with van der Waals surface area (Å²) >= 11 is 0. The van der Waals surface area contributed by atoms with Gasteiger partial charge >= 0.3 is 0 Å². The van der Waals surface area contributed by atoms with Crippen LogP contribution in [-0.2, 0) is 9.59 Å². The van der Waals surface area contributed by atoms with E-state index in [4.69, 9.17) is 4.74 Å². The molecule has 0 radical (unpaired) electrons. The number of anilines is 1. The van der Waals surface area contributed by atoms with Crippen LogP contribution in [0.15, 0.2) is 42.5 Å². The number of amides is 2. The van der Waals surface area contributed by atoms with Gasteiger partial charge in [0.25, 0.3) is 0 Å². The molecule has 0 unspecified atom stereocenters. The highest BCUT2D eigenvalue weighted by Crippen LogP contribution is 2.55. The van der Waals surface area contributed by atoms with Crippen molar-refractivity contribution in [2.24, 2.45) is 11.8 Å². The van der Waals surface area contributed by atoms with Crippen LogP contribution in [0.2, 0.25) is 0 Å². The van der Waals surface area contributed by atoms with Gasteiger partial charge in [0.15, 0.2) is 5.72 Å². The number of ether oxygens (including phenoxy) is 1. The van der Waals surface area contributed by atoms with E-state index in [0.29, 0.717) is 0 Å². The predicted octanol–water partition coefficient (Wildman–Crippen LogP) is 4.05. The molecule has 2 aromatic carbocycles. The summed E-state index contributed by atoms with van der Waals surface area (Å²) in [7, 11) is 0. The molecular formula is C24H26N2O3. The minimum absolute atomic E-state index is 0.111. The van der Waals surface area contributed by atoms with Crippen molar-refractivity contribution in [2.45, 2.75) is 51.2 Å². The number of carbonyl (C=O) groups is 2. The van der Waals surface area contributed by atoms with Gasteiger partial charge in [-0.3, -0.25) is 9.59 Å². The Balaban J connectivity index is 1.54. The van der Waals surface area contributed by atoms with E-state index < -0.39 is 11.6 Å². The van der Waals surface area contributed by atoms with E-state index in [2.05, 4.69) is 10.6 Å². The van der Waals surface area contributed by atoms with Crippen LogP contribution in [-0.4, -0.2) is 17.5 Å². The number of rotatable bonds is 2. The molecule has 2 N–H and O–H groups in total. The molecule has 5 rings (SSSR count). The average Bonchev–Trinajstić information content (AvgIpc) is 2.69. The van der Waals surface area contributed by atoms with Gasteiger partial charge in [0.2, 0.25) is 11.8 Å². The summed E-state index contributed by atoms with van der Waals surface area (Å²) in [6, 6.07) is 13.7. The smallest absolute Gasteiger partial charge is 0.237 e. The Kier molecular flexibility index (Phi) is 4.16. The maximum atomic E-state index is 13.3. The van der Waals surface area contributed by atoms with Gasteiger partial charge in [-0.2, -0.15) is 0 Å². The van der Waals surface area contributed by atoms with E-state index in [1.165, 1.54) is 5.56 Å². The van der Waals surface area contributed by atoms with E-state index >= 15 is 0 Å². The van der Waals surface area contributed by atoms with E-state index in [1.807, 2.05) is 56.3 Å². The summed E-state index contributed by atoms with van der Waals surface area (Å²) in [4.78, 5) is 26.5. The molecule has 2 amide bonds.